The van der Waals surface area contributed by atoms with Crippen LogP contribution in [0, 0.1) is 0 Å². The lowest BCUT2D eigenvalue weighted by Gasteiger charge is -2.19. The Hall–Kier alpha value is -10.8. The van der Waals surface area contributed by atoms with Gasteiger partial charge in [-0.3, -0.25) is 0 Å². The highest BCUT2D eigenvalue weighted by atomic mass is 35.5. The Morgan fingerprint density at radius 2 is 0.546 bits per heavy atom. The van der Waals surface area contributed by atoms with Gasteiger partial charge in [0.05, 0.1) is 16.7 Å². The van der Waals surface area contributed by atoms with Gasteiger partial charge in [-0.15, -0.1) is 45.0 Å². The van der Waals surface area contributed by atoms with Gasteiger partial charge in [-0.1, -0.05) is 137 Å². The lowest BCUT2D eigenvalue weighted by Crippen LogP contribution is -2.20. The van der Waals surface area contributed by atoms with Crippen LogP contribution in [0.1, 0.15) is 81.4 Å². The Morgan fingerprint density at radius 1 is 0.330 bits per heavy atom. The fraction of sp³-hybridized carbons (Fsp3) is 0.149. The number of hydrogen-bond acceptors (Lipinski definition) is 12. The molecule has 3 N–H and O–H groups in total. The van der Waals surface area contributed by atoms with Gasteiger partial charge in [-0.25, -0.2) is 14.4 Å². The van der Waals surface area contributed by atoms with Crippen LogP contribution in [-0.4, -0.2) is 78.2 Å². The number of halogens is 12. The van der Waals surface area contributed by atoms with Crippen LogP contribution in [0.15, 0.2) is 200 Å². The Bertz CT molecular complexity index is 4190. The average molecular weight is 1410 g/mol. The number of aliphatic carboxylic acids is 3. The van der Waals surface area contributed by atoms with Crippen molar-refractivity contribution in [3.05, 3.63) is 249 Å². The van der Waals surface area contributed by atoms with E-state index in [2.05, 4.69) is 30.6 Å². The largest absolute Gasteiger partial charge is 0.478 e. The zero-order chi connectivity index (χ0) is 66.5. The SMILES string of the molecule is C.C.C.C.O=C(O)C(Oc1ccc(Cl)cc1-n1nc2ccccc2n1)c1cccc(C(F)(F)F)c1.O=C(O)C(Oc1ccc(Cl)cc1-n1nc2ccccc2n1)c1cccc(C(F)(F)F)c1.O=C(O)C(Oc1ccc(Cl)cc1-n1nc2ccccc2n1)c1cccc(C(F)(F)F)c1. The van der Waals surface area contributed by atoms with Crippen LogP contribution in [-0.2, 0) is 32.9 Å². The summed E-state index contributed by atoms with van der Waals surface area (Å²) in [5, 5.41) is 55.8. The molecule has 9 aromatic carbocycles. The maximum atomic E-state index is 13.1. The van der Waals surface area contributed by atoms with E-state index in [0.29, 0.717) is 48.2 Å². The summed E-state index contributed by atoms with van der Waals surface area (Å²) in [5.41, 5.74) is 0.797. The number of fused-ring (bicyclic) bond motifs is 3. The monoisotopic (exact) mass is 1410 g/mol. The second-order valence-electron chi connectivity index (χ2n) is 19.6. The van der Waals surface area contributed by atoms with Gasteiger partial charge in [0.25, 0.3) is 0 Å². The van der Waals surface area contributed by atoms with E-state index in [-0.39, 0.29) is 80.7 Å². The molecule has 0 aliphatic heterocycles. The zero-order valence-corrected chi connectivity index (χ0v) is 48.9. The summed E-state index contributed by atoms with van der Waals surface area (Å²) < 4.78 is 135. The van der Waals surface area contributed by atoms with Gasteiger partial charge in [-0.2, -0.15) is 39.5 Å². The minimum Gasteiger partial charge on any atom is -0.478 e. The molecule has 506 valence electrons. The second kappa shape index (κ2) is 31.2. The van der Waals surface area contributed by atoms with Crippen molar-refractivity contribution >= 4 is 85.8 Å². The zero-order valence-electron chi connectivity index (χ0n) is 46.6. The van der Waals surface area contributed by atoms with Crippen molar-refractivity contribution in [2.75, 3.05) is 0 Å². The van der Waals surface area contributed by atoms with Gasteiger partial charge in [-0.05, 0) is 127 Å². The molecule has 0 aliphatic carbocycles. The molecule has 97 heavy (non-hydrogen) atoms. The van der Waals surface area contributed by atoms with E-state index in [9.17, 15) is 69.2 Å². The number of hydrogen-bond donors (Lipinski definition) is 3. The molecule has 3 aromatic heterocycles. The number of aromatic nitrogens is 9. The third kappa shape index (κ3) is 18.0. The Balaban J connectivity index is 0.000000225. The van der Waals surface area contributed by atoms with Crippen LogP contribution in [0.25, 0.3) is 50.2 Å². The third-order valence-corrected chi connectivity index (χ3v) is 13.9. The molecule has 0 radical (unpaired) electrons. The summed E-state index contributed by atoms with van der Waals surface area (Å²) in [5.74, 6) is -4.27. The van der Waals surface area contributed by atoms with Gasteiger partial charge in [0, 0.05) is 31.8 Å². The highest BCUT2D eigenvalue weighted by Crippen LogP contribution is 2.39. The molecule has 0 fully saturated rings. The van der Waals surface area contributed by atoms with Crippen molar-refractivity contribution in [3.63, 3.8) is 0 Å². The van der Waals surface area contributed by atoms with Crippen LogP contribution in [0.4, 0.5) is 39.5 Å². The summed E-state index contributed by atoms with van der Waals surface area (Å²) in [4.78, 5) is 39.3. The van der Waals surface area contributed by atoms with E-state index in [1.807, 2.05) is 0 Å². The van der Waals surface area contributed by atoms with Crippen LogP contribution in [0.3, 0.4) is 0 Å². The molecule has 12 aromatic rings. The van der Waals surface area contributed by atoms with Crippen molar-refractivity contribution in [3.8, 4) is 34.3 Å². The molecule has 30 heteroatoms. The quantitative estimate of drug-likeness (QED) is 0.0810. The van der Waals surface area contributed by atoms with Crippen LogP contribution in [0.5, 0.6) is 17.2 Å². The van der Waals surface area contributed by atoms with Crippen molar-refractivity contribution < 1.29 is 83.4 Å². The van der Waals surface area contributed by atoms with Gasteiger partial charge in [0.2, 0.25) is 18.3 Å². The molecular weight excluding hydrogens is 1350 g/mol. The van der Waals surface area contributed by atoms with Crippen molar-refractivity contribution in [1.82, 2.24) is 45.0 Å². The maximum absolute atomic E-state index is 13.1. The summed E-state index contributed by atoms with van der Waals surface area (Å²) in [6, 6.07) is 46.2. The molecule has 0 bridgehead atoms. The fourth-order valence-corrected chi connectivity index (χ4v) is 9.44. The Morgan fingerprint density at radius 3 is 0.742 bits per heavy atom. The minimum atomic E-state index is -4.62. The Labute approximate surface area is 561 Å². The normalized spacial score (nSPS) is 12.1. The number of nitrogens with zero attached hydrogens (tertiary/aromatic N) is 9. The lowest BCUT2D eigenvalue weighted by molar-refractivity contribution is -0.146. The summed E-state index contributed by atoms with van der Waals surface area (Å²) >= 11 is 18.3. The topological polar surface area (TPSA) is 232 Å². The van der Waals surface area contributed by atoms with Gasteiger partial charge in [0.1, 0.15) is 67.4 Å². The van der Waals surface area contributed by atoms with Crippen LogP contribution in [0.2, 0.25) is 15.1 Å². The molecule has 3 atom stereocenters. The Kier molecular flexibility index (Phi) is 24.2. The van der Waals surface area contributed by atoms with E-state index in [0.717, 1.165) is 54.6 Å². The van der Waals surface area contributed by atoms with Crippen molar-refractivity contribution in [2.45, 2.75) is 66.5 Å². The highest BCUT2D eigenvalue weighted by Gasteiger charge is 2.36. The first-order valence-corrected chi connectivity index (χ1v) is 27.9. The first-order valence-electron chi connectivity index (χ1n) is 26.7. The standard InChI is InChI=1S/3C21H13ClF3N3O3.4CH4/c3*22-14-8-9-18(17(11-14)28-26-15-6-1-2-7-16(15)27-28)31-19(20(29)30)12-4-3-5-13(10-12)21(23,24)25;;;;/h3*1-11,19H,(H,29,30);4*1H4. The molecule has 3 unspecified atom stereocenters. The van der Waals surface area contributed by atoms with Crippen molar-refractivity contribution in [1.29, 1.82) is 0 Å². The molecule has 12 rings (SSSR count). The molecule has 0 saturated carbocycles. The lowest BCUT2D eigenvalue weighted by atomic mass is 10.1. The van der Waals surface area contributed by atoms with Gasteiger partial charge >= 0.3 is 36.4 Å². The van der Waals surface area contributed by atoms with Crippen molar-refractivity contribution in [2.24, 2.45) is 0 Å². The smallest absolute Gasteiger partial charge is 0.416 e. The van der Waals surface area contributed by atoms with Gasteiger partial charge in [0.15, 0.2) is 0 Å². The maximum Gasteiger partial charge on any atom is 0.416 e. The molecule has 0 amide bonds. The number of benzene rings is 9. The fourth-order valence-electron chi connectivity index (χ4n) is 8.94. The van der Waals surface area contributed by atoms with E-state index >= 15 is 0 Å². The number of alkyl halides is 9. The summed E-state index contributed by atoms with van der Waals surface area (Å²) in [7, 11) is 0. The van der Waals surface area contributed by atoms with E-state index in [1.165, 1.54) is 87.2 Å². The van der Waals surface area contributed by atoms with Crippen LogP contribution >= 0.6 is 34.8 Å². The average Bonchev–Trinajstić information content (AvgIpc) is 1.79. The molecule has 0 aliphatic rings. The number of carbonyl (C=O) groups is 3. The first-order chi connectivity index (χ1) is 44.2. The number of ether oxygens (including phenoxy) is 3. The third-order valence-electron chi connectivity index (χ3n) is 13.2. The number of carboxylic acid groups (broad SMARTS) is 3. The number of carboxylic acids is 3. The second-order valence-corrected chi connectivity index (χ2v) is 21.0. The predicted octanol–water partition coefficient (Wildman–Crippen LogP) is 18.4. The molecule has 0 spiro atoms. The molecule has 0 saturated heterocycles. The van der Waals surface area contributed by atoms with Crippen LogP contribution < -0.4 is 14.2 Å². The molecule has 3 heterocycles. The van der Waals surface area contributed by atoms with E-state index in [1.54, 1.807) is 72.8 Å². The predicted molar refractivity (Wildman–Crippen MR) is 346 cm³/mol. The van der Waals surface area contributed by atoms with Gasteiger partial charge < -0.3 is 29.5 Å². The van der Waals surface area contributed by atoms with E-state index < -0.39 is 71.4 Å². The first kappa shape index (κ1) is 75.3. The van der Waals surface area contributed by atoms with E-state index in [4.69, 9.17) is 49.0 Å². The molecule has 18 nitrogen and oxygen atoms in total. The minimum absolute atomic E-state index is 0. The number of rotatable bonds is 15. The highest BCUT2D eigenvalue weighted by molar-refractivity contribution is 6.31. The summed E-state index contributed by atoms with van der Waals surface area (Å²) in [6.45, 7) is 0. The molecular formula is C67H55Cl3F9N9O9. The summed E-state index contributed by atoms with van der Waals surface area (Å²) in [6.07, 6.45) is -19.0.